The maximum atomic E-state index is 12.5. The number of carbonyl (C=O) groups is 1. The van der Waals surface area contributed by atoms with Crippen molar-refractivity contribution in [2.75, 3.05) is 24.8 Å². The Morgan fingerprint density at radius 3 is 2.58 bits per heavy atom. The molecule has 0 spiro atoms. The third-order valence-electron chi connectivity index (χ3n) is 4.17. The Morgan fingerprint density at radius 2 is 1.94 bits per heavy atom. The maximum absolute atomic E-state index is 12.5. The third kappa shape index (κ3) is 5.60. The number of hydrogen-bond acceptors (Lipinski definition) is 8. The zero-order chi connectivity index (χ0) is 22.4. The van der Waals surface area contributed by atoms with Gasteiger partial charge in [0, 0.05) is 24.9 Å². The van der Waals surface area contributed by atoms with Crippen molar-refractivity contribution in [2.45, 2.75) is 17.9 Å². The number of anilines is 2. The molecule has 2 heterocycles. The van der Waals surface area contributed by atoms with E-state index < -0.39 is 15.9 Å². The molecule has 31 heavy (non-hydrogen) atoms. The lowest BCUT2D eigenvalue weighted by atomic mass is 10.1. The number of amides is 1. The van der Waals surface area contributed by atoms with Crippen LogP contribution in [0.3, 0.4) is 0 Å². The number of carbonyl (C=O) groups excluding carboxylic acids is 1. The molecule has 0 fully saturated rings. The van der Waals surface area contributed by atoms with Crippen LogP contribution >= 0.6 is 0 Å². The number of aromatic nitrogens is 3. The van der Waals surface area contributed by atoms with Gasteiger partial charge in [0.2, 0.25) is 10.0 Å². The molecule has 2 aromatic heterocycles. The third-order valence-corrected chi connectivity index (χ3v) is 5.77. The second-order valence-corrected chi connectivity index (χ2v) is 8.40. The lowest BCUT2D eigenvalue weighted by Crippen LogP contribution is -2.35. The van der Waals surface area contributed by atoms with Gasteiger partial charge < -0.3 is 15.8 Å². The van der Waals surface area contributed by atoms with E-state index in [1.165, 1.54) is 31.6 Å². The largest absolute Gasteiger partial charge is 0.383 e. The average molecular weight is 443 g/mol. The van der Waals surface area contributed by atoms with E-state index in [-0.39, 0.29) is 29.1 Å². The number of benzene rings is 1. The van der Waals surface area contributed by atoms with Crippen LogP contribution in [-0.2, 0) is 14.8 Å². The van der Waals surface area contributed by atoms with Crippen molar-refractivity contribution in [1.82, 2.24) is 19.7 Å². The minimum atomic E-state index is -3.70. The van der Waals surface area contributed by atoms with E-state index in [1.807, 2.05) is 0 Å². The van der Waals surface area contributed by atoms with Crippen molar-refractivity contribution in [3.05, 3.63) is 60.7 Å². The Hall–Kier alpha value is -3.41. The summed E-state index contributed by atoms with van der Waals surface area (Å²) in [5.41, 5.74) is 7.21. The Labute approximate surface area is 180 Å². The van der Waals surface area contributed by atoms with Crippen LogP contribution in [0.4, 0.5) is 11.5 Å². The fourth-order valence-electron chi connectivity index (χ4n) is 2.75. The molecule has 0 aliphatic rings. The summed E-state index contributed by atoms with van der Waals surface area (Å²) < 4.78 is 32.4. The summed E-state index contributed by atoms with van der Waals surface area (Å²) in [5, 5.41) is 2.65. The molecule has 0 radical (unpaired) electrons. The number of nitrogens with two attached hydrogens (primary N) is 1. The molecular weight excluding hydrogens is 420 g/mol. The molecule has 0 bridgehead atoms. The smallest absolute Gasteiger partial charge is 0.278 e. The quantitative estimate of drug-likeness (QED) is 0.477. The monoisotopic (exact) mass is 442 g/mol. The van der Waals surface area contributed by atoms with Crippen LogP contribution in [0.25, 0.3) is 11.3 Å². The molecule has 162 valence electrons. The molecule has 1 atom stereocenters. The van der Waals surface area contributed by atoms with Crippen LogP contribution in [-0.4, -0.2) is 49.0 Å². The normalized spacial score (nSPS) is 12.3. The van der Waals surface area contributed by atoms with Gasteiger partial charge in [-0.15, -0.1) is 0 Å². The number of nitrogen functional groups attached to an aromatic ring is 1. The standard InChI is InChI=1S/C20H22N6O4S/c1-13(12-30-2)26-31(28,29)16-7-5-14(6-8-16)17-11-23-19(21)18(25-17)20(27)24-15-4-3-9-22-10-15/h3-11,13,26H,12H2,1-2H3,(H2,21,23)(H,24,27)/t13-/m1/s1. The topological polar surface area (TPSA) is 149 Å². The Kier molecular flexibility index (Phi) is 6.90. The first-order valence-electron chi connectivity index (χ1n) is 9.26. The number of hydrogen-bond donors (Lipinski definition) is 3. The van der Waals surface area contributed by atoms with E-state index in [0.717, 1.165) is 0 Å². The summed E-state index contributed by atoms with van der Waals surface area (Å²) in [6.07, 6.45) is 4.49. The van der Waals surface area contributed by atoms with Gasteiger partial charge in [-0.05, 0) is 31.2 Å². The molecule has 1 aromatic carbocycles. The summed E-state index contributed by atoms with van der Waals surface area (Å²) in [4.78, 5) is 24.9. The van der Waals surface area contributed by atoms with Crippen LogP contribution in [0.5, 0.6) is 0 Å². The number of nitrogens with one attached hydrogen (secondary N) is 2. The molecule has 0 aliphatic heterocycles. The van der Waals surface area contributed by atoms with Crippen molar-refractivity contribution in [3.63, 3.8) is 0 Å². The van der Waals surface area contributed by atoms with Gasteiger partial charge in [-0.2, -0.15) is 0 Å². The number of pyridine rings is 1. The van der Waals surface area contributed by atoms with E-state index in [0.29, 0.717) is 16.9 Å². The van der Waals surface area contributed by atoms with Crippen LogP contribution in [0, 0.1) is 0 Å². The Morgan fingerprint density at radius 1 is 1.19 bits per heavy atom. The van der Waals surface area contributed by atoms with Gasteiger partial charge in [-0.1, -0.05) is 12.1 Å². The predicted octanol–water partition coefficient (Wildman–Crippen LogP) is 1.69. The van der Waals surface area contributed by atoms with Crippen molar-refractivity contribution < 1.29 is 17.9 Å². The van der Waals surface area contributed by atoms with Gasteiger partial charge in [0.25, 0.3) is 5.91 Å². The molecule has 3 aromatic rings. The summed E-state index contributed by atoms with van der Waals surface area (Å²) in [6.45, 7) is 1.96. The van der Waals surface area contributed by atoms with Gasteiger partial charge in [0.05, 0.1) is 35.3 Å². The first-order valence-corrected chi connectivity index (χ1v) is 10.7. The fraction of sp³-hybridized carbons (Fsp3) is 0.200. The highest BCUT2D eigenvalue weighted by Crippen LogP contribution is 2.21. The van der Waals surface area contributed by atoms with Crippen LogP contribution in [0.2, 0.25) is 0 Å². The maximum Gasteiger partial charge on any atom is 0.278 e. The Bertz CT molecular complexity index is 1150. The average Bonchev–Trinajstić information content (AvgIpc) is 2.74. The summed E-state index contributed by atoms with van der Waals surface area (Å²) in [7, 11) is -2.20. The van der Waals surface area contributed by atoms with Crippen molar-refractivity contribution in [2.24, 2.45) is 0 Å². The van der Waals surface area contributed by atoms with Gasteiger partial charge in [-0.3, -0.25) is 9.78 Å². The Balaban J connectivity index is 1.82. The SMILES string of the molecule is COC[C@@H](C)NS(=O)(=O)c1ccc(-c2cnc(N)c(C(=O)Nc3cccnc3)n2)cc1. The highest BCUT2D eigenvalue weighted by atomic mass is 32.2. The molecule has 11 heteroatoms. The lowest BCUT2D eigenvalue weighted by molar-refractivity contribution is 0.102. The van der Waals surface area contributed by atoms with Crippen molar-refractivity contribution in [3.8, 4) is 11.3 Å². The summed E-state index contributed by atoms with van der Waals surface area (Å²) in [6, 6.07) is 9.05. The molecule has 3 rings (SSSR count). The van der Waals surface area contributed by atoms with Crippen LogP contribution in [0.1, 0.15) is 17.4 Å². The van der Waals surface area contributed by atoms with E-state index in [2.05, 4.69) is 25.0 Å². The highest BCUT2D eigenvalue weighted by molar-refractivity contribution is 7.89. The minimum Gasteiger partial charge on any atom is -0.383 e. The molecule has 10 nitrogen and oxygen atoms in total. The van der Waals surface area contributed by atoms with E-state index in [9.17, 15) is 13.2 Å². The number of nitrogens with zero attached hydrogens (tertiary/aromatic N) is 3. The van der Waals surface area contributed by atoms with E-state index in [1.54, 1.807) is 37.4 Å². The van der Waals surface area contributed by atoms with E-state index in [4.69, 9.17) is 10.5 Å². The van der Waals surface area contributed by atoms with Crippen LogP contribution < -0.4 is 15.8 Å². The molecule has 4 N–H and O–H groups in total. The lowest BCUT2D eigenvalue weighted by Gasteiger charge is -2.13. The van der Waals surface area contributed by atoms with Gasteiger partial charge in [-0.25, -0.2) is 23.1 Å². The molecule has 0 unspecified atom stereocenters. The van der Waals surface area contributed by atoms with E-state index >= 15 is 0 Å². The molecule has 1 amide bonds. The summed E-state index contributed by atoms with van der Waals surface area (Å²) >= 11 is 0. The summed E-state index contributed by atoms with van der Waals surface area (Å²) in [5.74, 6) is -0.559. The number of methoxy groups -OCH3 is 1. The van der Waals surface area contributed by atoms with Gasteiger partial charge >= 0.3 is 0 Å². The first kappa shape index (κ1) is 22.3. The molecular formula is C20H22N6O4S. The molecule has 0 aliphatic carbocycles. The van der Waals surface area contributed by atoms with Crippen LogP contribution in [0.15, 0.2) is 59.9 Å². The van der Waals surface area contributed by atoms with Gasteiger partial charge in [0.15, 0.2) is 11.5 Å². The zero-order valence-corrected chi connectivity index (χ0v) is 17.8. The molecule has 0 saturated carbocycles. The number of rotatable bonds is 8. The minimum absolute atomic E-state index is 0.0272. The van der Waals surface area contributed by atoms with Crippen molar-refractivity contribution >= 4 is 27.4 Å². The first-order chi connectivity index (χ1) is 14.8. The second kappa shape index (κ2) is 9.60. The predicted molar refractivity (Wildman–Crippen MR) is 116 cm³/mol. The highest BCUT2D eigenvalue weighted by Gasteiger charge is 2.18. The second-order valence-electron chi connectivity index (χ2n) is 6.69. The zero-order valence-electron chi connectivity index (χ0n) is 16.9. The van der Waals surface area contributed by atoms with Crippen molar-refractivity contribution in [1.29, 1.82) is 0 Å². The molecule has 0 saturated heterocycles. The number of ether oxygens (including phenoxy) is 1. The number of sulfonamides is 1. The van der Waals surface area contributed by atoms with Gasteiger partial charge in [0.1, 0.15) is 0 Å². The fourth-order valence-corrected chi connectivity index (χ4v) is 3.98.